The molecule has 100 valence electrons. The molecule has 1 aliphatic heterocycles. The van der Waals surface area contributed by atoms with E-state index in [0.29, 0.717) is 0 Å². The molecule has 1 aromatic rings. The molecular weight excluding hydrogens is 244 g/mol. The first-order chi connectivity index (χ1) is 8.54. The maximum Gasteiger partial charge on any atom is 0.240 e. The van der Waals surface area contributed by atoms with Crippen molar-refractivity contribution >= 4 is 17.2 Å². The standard InChI is InChI=1S/C14H22N2OS/c1-5-15-13-6-7-16(14(13)17)10(3)12-8-9(2)18-11(12)4/h8,10,13,15H,5-7H2,1-4H3. The maximum absolute atomic E-state index is 12.3. The van der Waals surface area contributed by atoms with Gasteiger partial charge >= 0.3 is 0 Å². The lowest BCUT2D eigenvalue weighted by Gasteiger charge is -2.25. The number of carbonyl (C=O) groups is 1. The quantitative estimate of drug-likeness (QED) is 0.908. The second-order valence-corrected chi connectivity index (χ2v) is 6.44. The number of aryl methyl sites for hydroxylation is 2. The molecule has 4 heteroatoms. The van der Waals surface area contributed by atoms with E-state index in [1.165, 1.54) is 15.3 Å². The molecule has 1 saturated heterocycles. The van der Waals surface area contributed by atoms with Crippen molar-refractivity contribution in [1.29, 1.82) is 0 Å². The molecule has 0 bridgehead atoms. The van der Waals surface area contributed by atoms with E-state index in [-0.39, 0.29) is 18.0 Å². The fourth-order valence-corrected chi connectivity index (χ4v) is 3.77. The third-order valence-electron chi connectivity index (χ3n) is 3.69. The summed E-state index contributed by atoms with van der Waals surface area (Å²) in [5.41, 5.74) is 1.31. The zero-order valence-corrected chi connectivity index (χ0v) is 12.4. The van der Waals surface area contributed by atoms with Gasteiger partial charge in [0.25, 0.3) is 0 Å². The van der Waals surface area contributed by atoms with Crippen molar-refractivity contribution in [3.05, 3.63) is 21.4 Å². The topological polar surface area (TPSA) is 32.3 Å². The van der Waals surface area contributed by atoms with E-state index < -0.39 is 0 Å². The lowest BCUT2D eigenvalue weighted by Crippen LogP contribution is -2.39. The normalized spacial score (nSPS) is 21.7. The van der Waals surface area contributed by atoms with Crippen LogP contribution in [0.5, 0.6) is 0 Å². The predicted octanol–water partition coefficient (Wildman–Crippen LogP) is 2.64. The van der Waals surface area contributed by atoms with Gasteiger partial charge in [-0.15, -0.1) is 11.3 Å². The Bertz CT molecular complexity index is 441. The summed E-state index contributed by atoms with van der Waals surface area (Å²) < 4.78 is 0. The molecule has 2 unspecified atom stereocenters. The van der Waals surface area contributed by atoms with Crippen molar-refractivity contribution < 1.29 is 4.79 Å². The van der Waals surface area contributed by atoms with Crippen molar-refractivity contribution in [1.82, 2.24) is 10.2 Å². The number of rotatable bonds is 4. The van der Waals surface area contributed by atoms with Crippen LogP contribution in [0.4, 0.5) is 0 Å². The third kappa shape index (κ3) is 2.45. The summed E-state index contributed by atoms with van der Waals surface area (Å²) in [5.74, 6) is 0.257. The lowest BCUT2D eigenvalue weighted by atomic mass is 10.1. The molecule has 1 amide bonds. The molecule has 1 N–H and O–H groups in total. The zero-order chi connectivity index (χ0) is 13.3. The van der Waals surface area contributed by atoms with Gasteiger partial charge in [-0.3, -0.25) is 4.79 Å². The Morgan fingerprint density at radius 1 is 1.56 bits per heavy atom. The highest BCUT2D eigenvalue weighted by atomic mass is 32.1. The van der Waals surface area contributed by atoms with E-state index in [4.69, 9.17) is 0 Å². The first-order valence-corrected chi connectivity index (χ1v) is 7.47. The molecule has 2 heterocycles. The van der Waals surface area contributed by atoms with Crippen molar-refractivity contribution in [2.45, 2.75) is 46.2 Å². The zero-order valence-electron chi connectivity index (χ0n) is 11.6. The molecule has 1 aliphatic rings. The Balaban J connectivity index is 2.13. The average Bonchev–Trinajstić information content (AvgIpc) is 2.83. The minimum absolute atomic E-state index is 0.0255. The lowest BCUT2D eigenvalue weighted by molar-refractivity contribution is -0.131. The van der Waals surface area contributed by atoms with E-state index in [1.807, 2.05) is 23.2 Å². The maximum atomic E-state index is 12.3. The van der Waals surface area contributed by atoms with Crippen LogP contribution in [0.15, 0.2) is 6.07 Å². The van der Waals surface area contributed by atoms with Crippen molar-refractivity contribution in [2.75, 3.05) is 13.1 Å². The van der Waals surface area contributed by atoms with Crippen LogP contribution >= 0.6 is 11.3 Å². The number of likely N-dealkylation sites (N-methyl/N-ethyl adjacent to an activating group) is 1. The first kappa shape index (κ1) is 13.6. The predicted molar refractivity (Wildman–Crippen MR) is 76.0 cm³/mol. The number of hydrogen-bond donors (Lipinski definition) is 1. The Kier molecular flexibility index (Phi) is 4.07. The number of thiophene rings is 1. The van der Waals surface area contributed by atoms with E-state index in [2.05, 4.69) is 32.2 Å². The summed E-state index contributed by atoms with van der Waals surface area (Å²) in [7, 11) is 0. The molecule has 2 atom stereocenters. The monoisotopic (exact) mass is 266 g/mol. The number of nitrogens with one attached hydrogen (secondary N) is 1. The fourth-order valence-electron chi connectivity index (χ4n) is 2.76. The number of likely N-dealkylation sites (tertiary alicyclic amines) is 1. The van der Waals surface area contributed by atoms with Crippen molar-refractivity contribution in [2.24, 2.45) is 0 Å². The molecular formula is C14H22N2OS. The summed E-state index contributed by atoms with van der Waals surface area (Å²) in [5, 5.41) is 3.26. The van der Waals surface area contributed by atoms with Gasteiger partial charge in [-0.1, -0.05) is 6.92 Å². The van der Waals surface area contributed by atoms with E-state index in [1.54, 1.807) is 0 Å². The van der Waals surface area contributed by atoms with Gasteiger partial charge in [0.05, 0.1) is 12.1 Å². The Labute approximate surface area is 113 Å². The second kappa shape index (κ2) is 5.41. The molecule has 0 aliphatic carbocycles. The van der Waals surface area contributed by atoms with Gasteiger partial charge in [0, 0.05) is 16.3 Å². The van der Waals surface area contributed by atoms with Crippen LogP contribution in [-0.4, -0.2) is 29.9 Å². The number of amides is 1. The highest BCUT2D eigenvalue weighted by molar-refractivity contribution is 7.12. The summed E-state index contributed by atoms with van der Waals surface area (Å²) >= 11 is 1.82. The van der Waals surface area contributed by atoms with Gasteiger partial charge in [-0.2, -0.15) is 0 Å². The minimum atomic E-state index is 0.0255. The Morgan fingerprint density at radius 2 is 2.28 bits per heavy atom. The third-order valence-corrected chi connectivity index (χ3v) is 4.67. The van der Waals surface area contributed by atoms with E-state index >= 15 is 0 Å². The van der Waals surface area contributed by atoms with Gasteiger partial charge in [-0.25, -0.2) is 0 Å². The smallest absolute Gasteiger partial charge is 0.240 e. The molecule has 2 rings (SSSR count). The van der Waals surface area contributed by atoms with Crippen LogP contribution in [0.2, 0.25) is 0 Å². The summed E-state index contributed by atoms with van der Waals surface area (Å²) in [4.78, 5) is 17.0. The van der Waals surface area contributed by atoms with Crippen molar-refractivity contribution in [3.8, 4) is 0 Å². The SMILES string of the molecule is CCNC1CCN(C(C)c2cc(C)sc2C)C1=O. The van der Waals surface area contributed by atoms with Gasteiger partial charge in [0.15, 0.2) is 0 Å². The molecule has 0 spiro atoms. The van der Waals surface area contributed by atoms with Crippen LogP contribution < -0.4 is 5.32 Å². The van der Waals surface area contributed by atoms with Gasteiger partial charge < -0.3 is 10.2 Å². The Morgan fingerprint density at radius 3 is 2.83 bits per heavy atom. The van der Waals surface area contributed by atoms with Crippen LogP contribution in [-0.2, 0) is 4.79 Å². The number of carbonyl (C=O) groups excluding carboxylic acids is 1. The van der Waals surface area contributed by atoms with Crippen LogP contribution in [0.1, 0.15) is 41.6 Å². The fraction of sp³-hybridized carbons (Fsp3) is 0.643. The van der Waals surface area contributed by atoms with Crippen LogP contribution in [0, 0.1) is 13.8 Å². The minimum Gasteiger partial charge on any atom is -0.334 e. The molecule has 3 nitrogen and oxygen atoms in total. The molecule has 0 saturated carbocycles. The number of nitrogens with zero attached hydrogens (tertiary/aromatic N) is 1. The summed E-state index contributed by atoms with van der Waals surface area (Å²) in [6, 6.07) is 2.45. The van der Waals surface area contributed by atoms with Gasteiger partial charge in [0.2, 0.25) is 5.91 Å². The largest absolute Gasteiger partial charge is 0.334 e. The summed E-state index contributed by atoms with van der Waals surface area (Å²) in [6.07, 6.45) is 0.930. The average molecular weight is 266 g/mol. The second-order valence-electron chi connectivity index (χ2n) is 4.98. The van der Waals surface area contributed by atoms with Crippen molar-refractivity contribution in [3.63, 3.8) is 0 Å². The number of hydrogen-bond acceptors (Lipinski definition) is 3. The Hall–Kier alpha value is -0.870. The van der Waals surface area contributed by atoms with E-state index in [0.717, 1.165) is 19.5 Å². The molecule has 1 aromatic heterocycles. The van der Waals surface area contributed by atoms with Gasteiger partial charge in [0.1, 0.15) is 0 Å². The van der Waals surface area contributed by atoms with Crippen LogP contribution in [0.25, 0.3) is 0 Å². The van der Waals surface area contributed by atoms with Gasteiger partial charge in [-0.05, 0) is 45.4 Å². The van der Waals surface area contributed by atoms with E-state index in [9.17, 15) is 4.79 Å². The molecule has 18 heavy (non-hydrogen) atoms. The summed E-state index contributed by atoms with van der Waals surface area (Å²) in [6.45, 7) is 10.2. The highest BCUT2D eigenvalue weighted by Gasteiger charge is 2.34. The van der Waals surface area contributed by atoms with Crippen LogP contribution in [0.3, 0.4) is 0 Å². The highest BCUT2D eigenvalue weighted by Crippen LogP contribution is 2.32. The molecule has 0 radical (unpaired) electrons. The first-order valence-electron chi connectivity index (χ1n) is 6.65. The molecule has 0 aromatic carbocycles. The molecule has 1 fully saturated rings.